The van der Waals surface area contributed by atoms with Crippen LogP contribution in [-0.4, -0.2) is 39.0 Å². The number of anilines is 2. The van der Waals surface area contributed by atoms with Gasteiger partial charge in [0.2, 0.25) is 11.9 Å². The fourth-order valence-electron chi connectivity index (χ4n) is 3.51. The summed E-state index contributed by atoms with van der Waals surface area (Å²) in [6.07, 6.45) is 3.32. The number of rotatable bonds is 6. The minimum Gasteiger partial charge on any atom is -0.341 e. The molecule has 1 N–H and O–H groups in total. The van der Waals surface area contributed by atoms with Gasteiger partial charge in [0.05, 0.1) is 16.6 Å². The van der Waals surface area contributed by atoms with Gasteiger partial charge in [0.25, 0.3) is 0 Å². The zero-order valence-corrected chi connectivity index (χ0v) is 18.2. The number of piperidine rings is 1. The number of nitrogens with one attached hydrogen (secondary N) is 1. The molecule has 1 fully saturated rings. The molecule has 0 radical (unpaired) electrons. The normalized spacial score (nSPS) is 14.9. The molecule has 2 heterocycles. The van der Waals surface area contributed by atoms with Gasteiger partial charge in [-0.25, -0.2) is 13.2 Å². The molecule has 6 nitrogen and oxygen atoms in total. The van der Waals surface area contributed by atoms with Gasteiger partial charge in [-0.1, -0.05) is 30.0 Å². The van der Waals surface area contributed by atoms with Crippen molar-refractivity contribution in [1.29, 1.82) is 0 Å². The van der Waals surface area contributed by atoms with Crippen molar-refractivity contribution in [2.24, 2.45) is 0 Å². The molecule has 1 aromatic heterocycles. The highest BCUT2D eigenvalue weighted by Crippen LogP contribution is 2.31. The minimum atomic E-state index is -1.63. The first-order valence-corrected chi connectivity index (χ1v) is 11.2. The molecule has 1 atom stereocenters. The molecule has 4 rings (SSSR count). The van der Waals surface area contributed by atoms with Crippen molar-refractivity contribution >= 4 is 29.3 Å². The third kappa shape index (κ3) is 4.59. The molecule has 32 heavy (non-hydrogen) atoms. The van der Waals surface area contributed by atoms with Gasteiger partial charge in [-0.3, -0.25) is 9.36 Å². The van der Waals surface area contributed by atoms with Gasteiger partial charge in [-0.2, -0.15) is 0 Å². The average molecular weight is 462 g/mol. The highest BCUT2D eigenvalue weighted by atomic mass is 32.2. The summed E-state index contributed by atoms with van der Waals surface area (Å²) >= 11 is 1.15. The second kappa shape index (κ2) is 9.64. The van der Waals surface area contributed by atoms with E-state index in [-0.39, 0.29) is 0 Å². The van der Waals surface area contributed by atoms with Crippen LogP contribution in [0.15, 0.2) is 47.6 Å². The zero-order chi connectivity index (χ0) is 22.7. The van der Waals surface area contributed by atoms with Crippen LogP contribution in [0.5, 0.6) is 0 Å². The summed E-state index contributed by atoms with van der Waals surface area (Å²) in [6.45, 7) is 3.38. The lowest BCUT2D eigenvalue weighted by atomic mass is 10.1. The van der Waals surface area contributed by atoms with Gasteiger partial charge in [0.1, 0.15) is 0 Å². The highest BCUT2D eigenvalue weighted by Gasteiger charge is 2.25. The van der Waals surface area contributed by atoms with E-state index in [1.165, 1.54) is 6.42 Å². The number of hydrogen-bond donors (Lipinski definition) is 1. The van der Waals surface area contributed by atoms with E-state index in [4.69, 9.17) is 0 Å². The van der Waals surface area contributed by atoms with E-state index in [0.29, 0.717) is 11.1 Å². The molecular formula is C22H22F3N5OS. The molecule has 2 aromatic carbocycles. The lowest BCUT2D eigenvalue weighted by molar-refractivity contribution is -0.115. The van der Waals surface area contributed by atoms with E-state index in [9.17, 15) is 18.0 Å². The number of amides is 1. The van der Waals surface area contributed by atoms with Gasteiger partial charge in [-0.15, -0.1) is 10.2 Å². The second-order valence-corrected chi connectivity index (χ2v) is 8.78. The van der Waals surface area contributed by atoms with Crippen LogP contribution in [0.4, 0.5) is 24.8 Å². The summed E-state index contributed by atoms with van der Waals surface area (Å²) < 4.78 is 42.5. The smallest absolute Gasteiger partial charge is 0.237 e. The lowest BCUT2D eigenvalue weighted by Gasteiger charge is -2.28. The number of hydrogen-bond acceptors (Lipinski definition) is 5. The maximum atomic E-state index is 13.9. The molecule has 168 valence electrons. The topological polar surface area (TPSA) is 63.1 Å². The maximum absolute atomic E-state index is 13.9. The molecule has 10 heteroatoms. The molecule has 1 saturated heterocycles. The molecule has 1 aliphatic heterocycles. The summed E-state index contributed by atoms with van der Waals surface area (Å²) in [4.78, 5) is 14.8. The summed E-state index contributed by atoms with van der Waals surface area (Å²) in [5.41, 5.74) is 0.444. The number of halogens is 3. The van der Waals surface area contributed by atoms with Crippen molar-refractivity contribution < 1.29 is 18.0 Å². The van der Waals surface area contributed by atoms with Crippen molar-refractivity contribution in [2.75, 3.05) is 23.3 Å². The fourth-order valence-corrected chi connectivity index (χ4v) is 4.37. The average Bonchev–Trinajstić information content (AvgIpc) is 3.24. The molecule has 0 bridgehead atoms. The molecule has 3 aromatic rings. The van der Waals surface area contributed by atoms with Crippen LogP contribution in [0.25, 0.3) is 5.69 Å². The van der Waals surface area contributed by atoms with Crippen LogP contribution in [0.1, 0.15) is 26.2 Å². The van der Waals surface area contributed by atoms with Crippen molar-refractivity contribution in [3.63, 3.8) is 0 Å². The Bertz CT molecular complexity index is 1100. The molecule has 0 saturated carbocycles. The van der Waals surface area contributed by atoms with Crippen LogP contribution < -0.4 is 10.2 Å². The molecule has 0 spiro atoms. The SMILES string of the molecule is CC(Sc1nnc(N2CCCCC2)n1-c1ccccc1)C(=O)Nc1ccc(F)c(F)c1F. The van der Waals surface area contributed by atoms with Crippen LogP contribution in [0.2, 0.25) is 0 Å². The molecule has 1 unspecified atom stereocenters. The number of benzene rings is 2. The fraction of sp³-hybridized carbons (Fsp3) is 0.318. The van der Waals surface area contributed by atoms with Gasteiger partial charge in [0.15, 0.2) is 22.6 Å². The van der Waals surface area contributed by atoms with E-state index in [1.807, 2.05) is 34.9 Å². The standard InChI is InChI=1S/C22H22F3N5OS/c1-14(20(31)26-17-11-10-16(23)18(24)19(17)25)32-22-28-27-21(29-12-6-3-7-13-29)30(22)15-8-4-2-5-9-15/h2,4-5,8-11,14H,3,6-7,12-13H2,1H3,(H,26,31). The van der Waals surface area contributed by atoms with Crippen molar-refractivity contribution in [2.45, 2.75) is 36.6 Å². The molecule has 1 amide bonds. The Balaban J connectivity index is 1.57. The number of thioether (sulfide) groups is 1. The quantitative estimate of drug-likeness (QED) is 0.422. The van der Waals surface area contributed by atoms with Crippen LogP contribution >= 0.6 is 11.8 Å². The third-order valence-corrected chi connectivity index (χ3v) is 6.26. The van der Waals surface area contributed by atoms with Crippen molar-refractivity contribution in [3.8, 4) is 5.69 Å². The van der Waals surface area contributed by atoms with E-state index < -0.39 is 34.3 Å². The van der Waals surface area contributed by atoms with Crippen LogP contribution in [-0.2, 0) is 4.79 Å². The van der Waals surface area contributed by atoms with E-state index in [2.05, 4.69) is 20.4 Å². The Morgan fingerprint density at radius 2 is 1.72 bits per heavy atom. The van der Waals surface area contributed by atoms with Crippen LogP contribution in [0, 0.1) is 17.5 Å². The summed E-state index contributed by atoms with van der Waals surface area (Å²) in [5, 5.41) is 10.8. The first-order chi connectivity index (χ1) is 15.5. The zero-order valence-electron chi connectivity index (χ0n) is 17.4. The van der Waals surface area contributed by atoms with Crippen molar-refractivity contribution in [1.82, 2.24) is 14.8 Å². The Morgan fingerprint density at radius 3 is 2.44 bits per heavy atom. The van der Waals surface area contributed by atoms with Crippen molar-refractivity contribution in [3.05, 3.63) is 59.9 Å². The van der Waals surface area contributed by atoms with E-state index in [0.717, 1.165) is 55.5 Å². The first-order valence-electron chi connectivity index (χ1n) is 10.3. The summed E-state index contributed by atoms with van der Waals surface area (Å²) in [6, 6.07) is 11.3. The number of nitrogens with zero attached hydrogens (tertiary/aromatic N) is 4. The third-order valence-electron chi connectivity index (χ3n) is 5.21. The molecular weight excluding hydrogens is 439 g/mol. The van der Waals surface area contributed by atoms with Gasteiger partial charge in [-0.05, 0) is 50.5 Å². The van der Waals surface area contributed by atoms with Gasteiger partial charge >= 0.3 is 0 Å². The largest absolute Gasteiger partial charge is 0.341 e. The Labute approximate surface area is 187 Å². The minimum absolute atomic E-state index is 0.417. The number of carbonyl (C=O) groups excluding carboxylic acids is 1. The van der Waals surface area contributed by atoms with Crippen LogP contribution in [0.3, 0.4) is 0 Å². The Kier molecular flexibility index (Phi) is 6.69. The van der Waals surface area contributed by atoms with E-state index in [1.54, 1.807) is 6.92 Å². The number of para-hydroxylation sites is 1. The molecule has 0 aliphatic carbocycles. The van der Waals surface area contributed by atoms with Gasteiger partial charge < -0.3 is 10.2 Å². The summed E-state index contributed by atoms with van der Waals surface area (Å²) in [5.74, 6) is -4.24. The Hall–Kier alpha value is -3.01. The van der Waals surface area contributed by atoms with E-state index >= 15 is 0 Å². The Morgan fingerprint density at radius 1 is 1.00 bits per heavy atom. The predicted octanol–water partition coefficient (Wildman–Crippen LogP) is 4.79. The summed E-state index contributed by atoms with van der Waals surface area (Å²) in [7, 11) is 0. The maximum Gasteiger partial charge on any atom is 0.237 e. The lowest BCUT2D eigenvalue weighted by Crippen LogP contribution is -2.31. The van der Waals surface area contributed by atoms with Gasteiger partial charge in [0, 0.05) is 13.1 Å². The second-order valence-electron chi connectivity index (χ2n) is 7.47. The highest BCUT2D eigenvalue weighted by molar-refractivity contribution is 8.00. The predicted molar refractivity (Wildman–Crippen MR) is 118 cm³/mol. The number of aromatic nitrogens is 3. The first kappa shape index (κ1) is 22.2. The number of carbonyl (C=O) groups is 1. The monoisotopic (exact) mass is 461 g/mol. The molecule has 1 aliphatic rings.